The van der Waals surface area contributed by atoms with Crippen LogP contribution in [0.3, 0.4) is 0 Å². The van der Waals surface area contributed by atoms with E-state index in [-0.39, 0.29) is 6.08 Å². The molecule has 96 valence electrons. The highest BCUT2D eigenvalue weighted by molar-refractivity contribution is 6.39. The topological polar surface area (TPSA) is 63.6 Å². The molecule has 0 fully saturated rings. The van der Waals surface area contributed by atoms with Crippen molar-refractivity contribution in [3.05, 3.63) is 41.2 Å². The van der Waals surface area contributed by atoms with Crippen LogP contribution in [0.2, 0.25) is 0 Å². The molecule has 0 aromatic heterocycles. The van der Waals surface area contributed by atoms with Gasteiger partial charge in [0.1, 0.15) is 23.2 Å². The fourth-order valence-electron chi connectivity index (χ4n) is 1.14. The lowest BCUT2D eigenvalue weighted by Gasteiger charge is -2.04. The second-order valence-electron chi connectivity index (χ2n) is 3.13. The van der Waals surface area contributed by atoms with E-state index in [0.29, 0.717) is 12.1 Å². The number of carbonyl (C=O) groups is 2. The van der Waals surface area contributed by atoms with E-state index in [1.54, 1.807) is 0 Å². The number of ketones is 1. The van der Waals surface area contributed by atoms with Crippen molar-refractivity contribution in [3.63, 3.8) is 0 Å². The highest BCUT2D eigenvalue weighted by Gasteiger charge is 2.18. The van der Waals surface area contributed by atoms with Gasteiger partial charge in [-0.15, -0.1) is 0 Å². The van der Waals surface area contributed by atoms with Crippen molar-refractivity contribution in [2.24, 2.45) is 0 Å². The Hall–Kier alpha value is -2.31. The summed E-state index contributed by atoms with van der Waals surface area (Å²) in [5, 5.41) is 9.32. The molecule has 0 saturated heterocycles. The molecule has 0 amide bonds. The molecule has 0 unspecified atom stereocenters. The van der Waals surface area contributed by atoms with Crippen LogP contribution in [0.25, 0.3) is 5.76 Å². The molecule has 1 rings (SSSR count). The van der Waals surface area contributed by atoms with Crippen LogP contribution in [0.1, 0.15) is 5.56 Å². The van der Waals surface area contributed by atoms with Crippen LogP contribution in [-0.2, 0) is 14.3 Å². The average Bonchev–Trinajstić information content (AvgIpc) is 2.26. The number of aliphatic hydroxyl groups is 1. The first-order valence-electron chi connectivity index (χ1n) is 4.54. The molecule has 1 aromatic rings. The molecule has 0 aliphatic carbocycles. The zero-order chi connectivity index (χ0) is 13.9. The van der Waals surface area contributed by atoms with Crippen LogP contribution < -0.4 is 0 Å². The van der Waals surface area contributed by atoms with E-state index >= 15 is 0 Å². The number of hydrogen-bond donors (Lipinski definition) is 1. The van der Waals surface area contributed by atoms with E-state index in [2.05, 4.69) is 4.74 Å². The van der Waals surface area contributed by atoms with E-state index in [1.807, 2.05) is 0 Å². The van der Waals surface area contributed by atoms with Crippen LogP contribution in [0, 0.1) is 17.5 Å². The summed E-state index contributed by atoms with van der Waals surface area (Å²) in [5.74, 6) is -7.75. The van der Waals surface area contributed by atoms with Gasteiger partial charge in [0.15, 0.2) is 0 Å². The molecule has 0 saturated carbocycles. The zero-order valence-corrected chi connectivity index (χ0v) is 9.04. The fraction of sp³-hybridized carbons (Fsp3) is 0.0909. The van der Waals surface area contributed by atoms with Crippen LogP contribution in [0.15, 0.2) is 18.2 Å². The first-order chi connectivity index (χ1) is 8.36. The SMILES string of the molecule is COC(=O)C(=O)C=C(O)c1c(F)cc(F)cc1F. The Bertz CT molecular complexity index is 514. The number of methoxy groups -OCH3 is 1. The quantitative estimate of drug-likeness (QED) is 0.389. The maximum absolute atomic E-state index is 13.2. The number of rotatable bonds is 3. The normalized spacial score (nSPS) is 11.2. The summed E-state index contributed by atoms with van der Waals surface area (Å²) in [5.41, 5.74) is -1.01. The molecule has 18 heavy (non-hydrogen) atoms. The molecule has 0 aliphatic heterocycles. The molecule has 0 radical (unpaired) electrons. The molecule has 0 spiro atoms. The van der Waals surface area contributed by atoms with Gasteiger partial charge in [0.25, 0.3) is 5.78 Å². The first kappa shape index (κ1) is 13.8. The molecule has 4 nitrogen and oxygen atoms in total. The summed E-state index contributed by atoms with van der Waals surface area (Å²) in [6.45, 7) is 0. The van der Waals surface area contributed by atoms with Gasteiger partial charge in [0.05, 0.1) is 12.7 Å². The maximum atomic E-state index is 13.2. The Labute approximate surface area is 99.3 Å². The predicted molar refractivity (Wildman–Crippen MR) is 53.9 cm³/mol. The Morgan fingerprint density at radius 2 is 1.72 bits per heavy atom. The largest absolute Gasteiger partial charge is 0.507 e. The molecule has 0 bridgehead atoms. The molecule has 7 heteroatoms. The zero-order valence-electron chi connectivity index (χ0n) is 9.04. The third-order valence-electron chi connectivity index (χ3n) is 1.92. The number of hydrogen-bond acceptors (Lipinski definition) is 4. The van der Waals surface area contributed by atoms with E-state index in [0.717, 1.165) is 7.11 Å². The standard InChI is InChI=1S/C11H7F3O4/c1-18-11(17)9(16)4-8(15)10-6(13)2-5(12)3-7(10)14/h2-4,15H,1H3. The minimum atomic E-state index is -1.40. The summed E-state index contributed by atoms with van der Waals surface area (Å²) in [7, 11) is 0.921. The predicted octanol–water partition coefficient (Wildman–Crippen LogP) is 1.74. The monoisotopic (exact) mass is 260 g/mol. The van der Waals surface area contributed by atoms with Gasteiger partial charge < -0.3 is 9.84 Å². The molecular weight excluding hydrogens is 253 g/mol. The molecule has 0 aliphatic rings. The van der Waals surface area contributed by atoms with Gasteiger partial charge in [-0.05, 0) is 0 Å². The van der Waals surface area contributed by atoms with Crippen molar-refractivity contribution >= 4 is 17.5 Å². The van der Waals surface area contributed by atoms with Gasteiger partial charge in [-0.2, -0.15) is 0 Å². The van der Waals surface area contributed by atoms with Gasteiger partial charge in [0, 0.05) is 18.2 Å². The van der Waals surface area contributed by atoms with E-state index in [4.69, 9.17) is 0 Å². The van der Waals surface area contributed by atoms with Crippen LogP contribution in [0.5, 0.6) is 0 Å². The van der Waals surface area contributed by atoms with Crippen LogP contribution in [-0.4, -0.2) is 24.0 Å². The summed E-state index contributed by atoms with van der Waals surface area (Å²) >= 11 is 0. The molecule has 1 N–H and O–H groups in total. The van der Waals surface area contributed by atoms with Crippen LogP contribution in [0.4, 0.5) is 13.2 Å². The van der Waals surface area contributed by atoms with E-state index < -0.39 is 40.5 Å². The lowest BCUT2D eigenvalue weighted by atomic mass is 10.1. The molecular formula is C11H7F3O4. The smallest absolute Gasteiger partial charge is 0.378 e. The fourth-order valence-corrected chi connectivity index (χ4v) is 1.14. The van der Waals surface area contributed by atoms with Crippen molar-refractivity contribution in [1.82, 2.24) is 0 Å². The van der Waals surface area contributed by atoms with Crippen molar-refractivity contribution < 1.29 is 32.6 Å². The number of halogens is 3. The summed E-state index contributed by atoms with van der Waals surface area (Å²) < 4.78 is 43.0. The number of benzene rings is 1. The third kappa shape index (κ3) is 2.88. The number of carbonyl (C=O) groups excluding carboxylic acids is 2. The highest BCUT2D eigenvalue weighted by atomic mass is 19.1. The summed E-state index contributed by atoms with van der Waals surface area (Å²) in [6, 6.07) is 0.649. The number of esters is 1. The van der Waals surface area contributed by atoms with Gasteiger partial charge >= 0.3 is 5.97 Å². The Morgan fingerprint density at radius 3 is 2.17 bits per heavy atom. The summed E-state index contributed by atoms with van der Waals surface area (Å²) in [4.78, 5) is 21.7. The van der Waals surface area contributed by atoms with Crippen molar-refractivity contribution in [1.29, 1.82) is 0 Å². The summed E-state index contributed by atoms with van der Waals surface area (Å²) in [6.07, 6.45) is 0.283. The molecule has 0 heterocycles. The molecule has 0 atom stereocenters. The van der Waals surface area contributed by atoms with E-state index in [9.17, 15) is 27.9 Å². The minimum Gasteiger partial charge on any atom is -0.507 e. The minimum absolute atomic E-state index is 0.283. The van der Waals surface area contributed by atoms with Crippen molar-refractivity contribution in [2.75, 3.05) is 7.11 Å². The maximum Gasteiger partial charge on any atom is 0.378 e. The Morgan fingerprint density at radius 1 is 1.22 bits per heavy atom. The lowest BCUT2D eigenvalue weighted by molar-refractivity contribution is -0.149. The first-order valence-corrected chi connectivity index (χ1v) is 4.54. The van der Waals surface area contributed by atoms with Gasteiger partial charge in [0.2, 0.25) is 0 Å². The van der Waals surface area contributed by atoms with Gasteiger partial charge in [-0.1, -0.05) is 0 Å². The number of aliphatic hydroxyl groups excluding tert-OH is 1. The van der Waals surface area contributed by atoms with Gasteiger partial charge in [-0.3, -0.25) is 4.79 Å². The second kappa shape index (κ2) is 5.35. The second-order valence-corrected chi connectivity index (χ2v) is 3.13. The third-order valence-corrected chi connectivity index (χ3v) is 1.92. The van der Waals surface area contributed by atoms with Gasteiger partial charge in [-0.25, -0.2) is 18.0 Å². The average molecular weight is 260 g/mol. The van der Waals surface area contributed by atoms with Crippen LogP contribution >= 0.6 is 0 Å². The van der Waals surface area contributed by atoms with Crippen molar-refractivity contribution in [2.45, 2.75) is 0 Å². The Kier molecular flexibility index (Phi) is 4.09. The lowest BCUT2D eigenvalue weighted by Crippen LogP contribution is -2.13. The number of ether oxygens (including phenoxy) is 1. The Balaban J connectivity index is 3.19. The van der Waals surface area contributed by atoms with E-state index in [1.165, 1.54) is 0 Å². The highest BCUT2D eigenvalue weighted by Crippen LogP contribution is 2.21. The van der Waals surface area contributed by atoms with Crippen molar-refractivity contribution in [3.8, 4) is 0 Å². The molecule has 1 aromatic carbocycles.